The number of benzene rings is 2. The van der Waals surface area contributed by atoms with Crippen LogP contribution >= 0.6 is 0 Å². The zero-order valence-electron chi connectivity index (χ0n) is 17.7. The number of hydrogen-bond donors (Lipinski definition) is 2. The highest BCUT2D eigenvalue weighted by molar-refractivity contribution is 5.92. The largest absolute Gasteiger partial charge is 0.395 e. The van der Waals surface area contributed by atoms with Crippen LogP contribution in [0.3, 0.4) is 0 Å². The number of aliphatic hydroxyl groups is 1. The fourth-order valence-electron chi connectivity index (χ4n) is 3.51. The molecule has 1 aromatic heterocycles. The van der Waals surface area contributed by atoms with Crippen molar-refractivity contribution in [2.24, 2.45) is 0 Å². The number of aliphatic hydroxyl groups excluding tert-OH is 1. The number of carbonyl (C=O) groups excluding carboxylic acids is 1. The maximum Gasteiger partial charge on any atom is 0.225 e. The highest BCUT2D eigenvalue weighted by Crippen LogP contribution is 2.22. The zero-order valence-corrected chi connectivity index (χ0v) is 17.7. The van der Waals surface area contributed by atoms with Crippen LogP contribution in [0.1, 0.15) is 23.4 Å². The topological polar surface area (TPSA) is 70.4 Å². The maximum absolute atomic E-state index is 12.6. The summed E-state index contributed by atoms with van der Waals surface area (Å²) in [5.74, 6) is -0.0449. The molecule has 0 atom stereocenters. The number of hydrogen-bond acceptors (Lipinski definition) is 4. The molecule has 1 amide bonds. The number of carbonyl (C=O) groups is 1. The van der Waals surface area contributed by atoms with Crippen LogP contribution in [-0.2, 0) is 11.2 Å². The van der Waals surface area contributed by atoms with Gasteiger partial charge in [0.1, 0.15) is 0 Å². The van der Waals surface area contributed by atoms with Crippen molar-refractivity contribution in [1.82, 2.24) is 14.7 Å². The van der Waals surface area contributed by atoms with Crippen molar-refractivity contribution in [2.75, 3.05) is 31.6 Å². The first-order valence-electron chi connectivity index (χ1n) is 10.4. The van der Waals surface area contributed by atoms with Crippen LogP contribution in [0.15, 0.2) is 60.7 Å². The molecule has 3 rings (SSSR count). The predicted molar refractivity (Wildman–Crippen MR) is 120 cm³/mol. The molecular weight excluding hydrogens is 376 g/mol. The fraction of sp³-hybridized carbons (Fsp3) is 0.333. The van der Waals surface area contributed by atoms with Gasteiger partial charge in [0, 0.05) is 26.1 Å². The third kappa shape index (κ3) is 5.78. The molecule has 0 unspecified atom stereocenters. The number of aromatic nitrogens is 2. The smallest absolute Gasteiger partial charge is 0.225 e. The van der Waals surface area contributed by atoms with Crippen molar-refractivity contribution in [3.63, 3.8) is 0 Å². The predicted octanol–water partition coefficient (Wildman–Crippen LogP) is 3.35. The van der Waals surface area contributed by atoms with Gasteiger partial charge in [0.25, 0.3) is 0 Å². The Morgan fingerprint density at radius 1 is 1.00 bits per heavy atom. The van der Waals surface area contributed by atoms with Crippen LogP contribution in [0.2, 0.25) is 0 Å². The molecule has 2 aromatic carbocycles. The molecule has 6 heteroatoms. The quantitative estimate of drug-likeness (QED) is 0.542. The number of nitrogens with zero attached hydrogens (tertiary/aromatic N) is 3. The van der Waals surface area contributed by atoms with E-state index in [0.717, 1.165) is 35.7 Å². The van der Waals surface area contributed by atoms with E-state index in [9.17, 15) is 9.90 Å². The maximum atomic E-state index is 12.6. The summed E-state index contributed by atoms with van der Waals surface area (Å²) in [6.45, 7) is 5.91. The minimum absolute atomic E-state index is 0.0449. The van der Waals surface area contributed by atoms with Crippen molar-refractivity contribution < 1.29 is 9.90 Å². The van der Waals surface area contributed by atoms with Gasteiger partial charge in [-0.15, -0.1) is 0 Å². The number of para-hydroxylation sites is 1. The number of rotatable bonds is 10. The molecule has 30 heavy (non-hydrogen) atoms. The van der Waals surface area contributed by atoms with E-state index in [1.165, 1.54) is 5.56 Å². The molecule has 0 saturated carbocycles. The summed E-state index contributed by atoms with van der Waals surface area (Å²) in [6, 6.07) is 20.1. The van der Waals surface area contributed by atoms with Gasteiger partial charge in [0.15, 0.2) is 0 Å². The average Bonchev–Trinajstić information content (AvgIpc) is 3.05. The molecule has 0 aliphatic carbocycles. The summed E-state index contributed by atoms with van der Waals surface area (Å²) in [5.41, 5.74) is 4.68. The van der Waals surface area contributed by atoms with E-state index in [1.54, 1.807) is 0 Å². The molecule has 2 N–H and O–H groups in total. The van der Waals surface area contributed by atoms with E-state index in [0.29, 0.717) is 19.5 Å². The summed E-state index contributed by atoms with van der Waals surface area (Å²) in [4.78, 5) is 14.7. The molecular formula is C24H30N4O2. The molecule has 158 valence electrons. The van der Waals surface area contributed by atoms with E-state index in [1.807, 2.05) is 67.1 Å². The number of amides is 1. The van der Waals surface area contributed by atoms with E-state index in [-0.39, 0.29) is 12.5 Å². The molecule has 0 fully saturated rings. The Morgan fingerprint density at radius 2 is 1.67 bits per heavy atom. The molecule has 0 radical (unpaired) electrons. The number of aryl methyl sites for hydroxylation is 1. The number of nitrogens with one attached hydrogen (secondary N) is 1. The van der Waals surface area contributed by atoms with Crippen molar-refractivity contribution in [3.8, 4) is 5.69 Å². The standard InChI is InChI=1S/C24H30N4O2/c1-19-24(20(2)28(26-19)22-11-7-4-8-12-22)25-23(30)14-16-27(17-18-29)15-13-21-9-5-3-6-10-21/h3-12,29H,13-18H2,1-2H3,(H,25,30). The summed E-state index contributed by atoms with van der Waals surface area (Å²) in [7, 11) is 0. The number of anilines is 1. The Bertz CT molecular complexity index is 939. The molecule has 0 aliphatic heterocycles. The molecule has 6 nitrogen and oxygen atoms in total. The summed E-state index contributed by atoms with van der Waals surface area (Å²) in [5, 5.41) is 17.0. The van der Waals surface area contributed by atoms with Gasteiger partial charge < -0.3 is 15.3 Å². The second-order valence-electron chi connectivity index (χ2n) is 7.39. The Balaban J connectivity index is 1.57. The lowest BCUT2D eigenvalue weighted by atomic mass is 10.1. The first-order chi connectivity index (χ1) is 14.6. The monoisotopic (exact) mass is 406 g/mol. The van der Waals surface area contributed by atoms with Crippen LogP contribution in [0.5, 0.6) is 0 Å². The van der Waals surface area contributed by atoms with Gasteiger partial charge in [0.05, 0.1) is 29.4 Å². The highest BCUT2D eigenvalue weighted by Gasteiger charge is 2.16. The molecule has 3 aromatic rings. The van der Waals surface area contributed by atoms with Gasteiger partial charge in [-0.3, -0.25) is 4.79 Å². The SMILES string of the molecule is Cc1nn(-c2ccccc2)c(C)c1NC(=O)CCN(CCO)CCc1ccccc1. The van der Waals surface area contributed by atoms with Gasteiger partial charge in [-0.1, -0.05) is 48.5 Å². The Labute approximate surface area is 178 Å². The molecule has 0 bridgehead atoms. The highest BCUT2D eigenvalue weighted by atomic mass is 16.3. The first-order valence-corrected chi connectivity index (χ1v) is 10.4. The van der Waals surface area contributed by atoms with Crippen LogP contribution in [0.25, 0.3) is 5.69 Å². The average molecular weight is 407 g/mol. The lowest BCUT2D eigenvalue weighted by molar-refractivity contribution is -0.116. The zero-order chi connectivity index (χ0) is 21.3. The molecule has 0 aliphatic rings. The van der Waals surface area contributed by atoms with Crippen LogP contribution < -0.4 is 5.32 Å². The van der Waals surface area contributed by atoms with E-state index < -0.39 is 0 Å². The van der Waals surface area contributed by atoms with E-state index in [2.05, 4.69) is 27.4 Å². The Hall–Kier alpha value is -2.96. The molecule has 0 saturated heterocycles. The summed E-state index contributed by atoms with van der Waals surface area (Å²) < 4.78 is 1.85. The van der Waals surface area contributed by atoms with Gasteiger partial charge in [-0.05, 0) is 38.0 Å². The van der Waals surface area contributed by atoms with Gasteiger partial charge in [0.2, 0.25) is 5.91 Å². The first kappa shape index (κ1) is 21.7. The minimum atomic E-state index is -0.0449. The van der Waals surface area contributed by atoms with Gasteiger partial charge in [-0.2, -0.15) is 5.10 Å². The Morgan fingerprint density at radius 3 is 2.33 bits per heavy atom. The molecule has 1 heterocycles. The second kappa shape index (κ2) is 10.7. The fourth-order valence-corrected chi connectivity index (χ4v) is 3.51. The summed E-state index contributed by atoms with van der Waals surface area (Å²) in [6.07, 6.45) is 1.26. The van der Waals surface area contributed by atoms with Gasteiger partial charge >= 0.3 is 0 Å². The third-order valence-corrected chi connectivity index (χ3v) is 5.19. The van der Waals surface area contributed by atoms with Crippen molar-refractivity contribution in [1.29, 1.82) is 0 Å². The third-order valence-electron chi connectivity index (χ3n) is 5.19. The summed E-state index contributed by atoms with van der Waals surface area (Å²) >= 11 is 0. The van der Waals surface area contributed by atoms with Crippen LogP contribution in [-0.4, -0.2) is 51.9 Å². The van der Waals surface area contributed by atoms with Crippen LogP contribution in [0, 0.1) is 13.8 Å². The van der Waals surface area contributed by atoms with Crippen molar-refractivity contribution in [2.45, 2.75) is 26.7 Å². The van der Waals surface area contributed by atoms with E-state index >= 15 is 0 Å². The van der Waals surface area contributed by atoms with Crippen molar-refractivity contribution >= 4 is 11.6 Å². The van der Waals surface area contributed by atoms with Crippen LogP contribution in [0.4, 0.5) is 5.69 Å². The second-order valence-corrected chi connectivity index (χ2v) is 7.39. The lowest BCUT2D eigenvalue weighted by Crippen LogP contribution is -2.32. The normalized spacial score (nSPS) is 11.1. The van der Waals surface area contributed by atoms with Crippen molar-refractivity contribution in [3.05, 3.63) is 77.6 Å². The molecule has 0 spiro atoms. The van der Waals surface area contributed by atoms with Gasteiger partial charge in [-0.25, -0.2) is 4.68 Å². The lowest BCUT2D eigenvalue weighted by Gasteiger charge is -2.21. The van der Waals surface area contributed by atoms with E-state index in [4.69, 9.17) is 0 Å². The minimum Gasteiger partial charge on any atom is -0.395 e. The Kier molecular flexibility index (Phi) is 7.76.